The van der Waals surface area contributed by atoms with Gasteiger partial charge < -0.3 is 4.74 Å². The minimum absolute atomic E-state index is 0.0718. The third-order valence-corrected chi connectivity index (χ3v) is 1.46. The molecular formula is C6H7NO2. The van der Waals surface area contributed by atoms with Gasteiger partial charge in [-0.15, -0.1) is 0 Å². The zero-order chi connectivity index (χ0) is 6.85. The van der Waals surface area contributed by atoms with Crippen molar-refractivity contribution in [2.75, 3.05) is 7.11 Å². The lowest BCUT2D eigenvalue weighted by molar-refractivity contribution is -0.142. The second-order valence-corrected chi connectivity index (χ2v) is 2.10. The average molecular weight is 125 g/mol. The first-order valence-corrected chi connectivity index (χ1v) is 2.77. The Labute approximate surface area is 53.2 Å². The van der Waals surface area contributed by atoms with Crippen LogP contribution in [0.1, 0.15) is 6.42 Å². The van der Waals surface area contributed by atoms with E-state index in [4.69, 9.17) is 5.26 Å². The molecule has 48 valence electrons. The number of nitrogens with zero attached hydrogens (tertiary/aromatic N) is 1. The standard InChI is InChI=1S/C6H7NO2/c1-9-6(8)5-2-4(5)3-7/h4-5H,2H2,1H3. The molecule has 3 nitrogen and oxygen atoms in total. The van der Waals surface area contributed by atoms with E-state index in [-0.39, 0.29) is 17.8 Å². The Morgan fingerprint density at radius 3 is 2.89 bits per heavy atom. The molecule has 1 saturated carbocycles. The predicted molar refractivity (Wildman–Crippen MR) is 29.2 cm³/mol. The molecule has 0 bridgehead atoms. The highest BCUT2D eigenvalue weighted by Crippen LogP contribution is 2.38. The third-order valence-electron chi connectivity index (χ3n) is 1.46. The molecule has 1 rings (SSSR count). The Bertz CT molecular complexity index is 170. The molecule has 1 aliphatic carbocycles. The van der Waals surface area contributed by atoms with Crippen LogP contribution in [0, 0.1) is 23.2 Å². The van der Waals surface area contributed by atoms with Crippen molar-refractivity contribution in [2.45, 2.75) is 6.42 Å². The fourth-order valence-corrected chi connectivity index (χ4v) is 0.750. The van der Waals surface area contributed by atoms with Gasteiger partial charge in [0.1, 0.15) is 0 Å². The fourth-order valence-electron chi connectivity index (χ4n) is 0.750. The normalized spacial score (nSPS) is 30.7. The van der Waals surface area contributed by atoms with Crippen molar-refractivity contribution in [1.29, 1.82) is 5.26 Å². The van der Waals surface area contributed by atoms with E-state index >= 15 is 0 Å². The summed E-state index contributed by atoms with van der Waals surface area (Å²) in [6.45, 7) is 0. The molecule has 0 aromatic carbocycles. The van der Waals surface area contributed by atoms with E-state index in [0.29, 0.717) is 6.42 Å². The van der Waals surface area contributed by atoms with Crippen LogP contribution in [0.3, 0.4) is 0 Å². The number of methoxy groups -OCH3 is 1. The van der Waals surface area contributed by atoms with Crippen molar-refractivity contribution in [3.05, 3.63) is 0 Å². The Balaban J connectivity index is 2.36. The smallest absolute Gasteiger partial charge is 0.310 e. The van der Waals surface area contributed by atoms with E-state index in [0.717, 1.165) is 0 Å². The number of nitriles is 1. The molecule has 1 aliphatic rings. The molecular weight excluding hydrogens is 118 g/mol. The van der Waals surface area contributed by atoms with Gasteiger partial charge >= 0.3 is 5.97 Å². The van der Waals surface area contributed by atoms with Gasteiger partial charge in [-0.25, -0.2) is 0 Å². The molecule has 0 N–H and O–H groups in total. The summed E-state index contributed by atoms with van der Waals surface area (Å²) in [4.78, 5) is 10.6. The van der Waals surface area contributed by atoms with E-state index in [2.05, 4.69) is 4.74 Å². The Morgan fingerprint density at radius 1 is 1.89 bits per heavy atom. The number of hydrogen-bond donors (Lipinski definition) is 0. The van der Waals surface area contributed by atoms with Crippen LogP contribution in [0.4, 0.5) is 0 Å². The van der Waals surface area contributed by atoms with E-state index in [9.17, 15) is 4.79 Å². The fraction of sp³-hybridized carbons (Fsp3) is 0.667. The summed E-state index contributed by atoms with van der Waals surface area (Å²) in [6.07, 6.45) is 0.684. The summed E-state index contributed by atoms with van der Waals surface area (Å²) in [7, 11) is 1.34. The maximum Gasteiger partial charge on any atom is 0.310 e. The van der Waals surface area contributed by atoms with Gasteiger partial charge in [-0.05, 0) is 6.42 Å². The zero-order valence-electron chi connectivity index (χ0n) is 5.13. The molecule has 0 aromatic rings. The Morgan fingerprint density at radius 2 is 2.56 bits per heavy atom. The van der Waals surface area contributed by atoms with Gasteiger partial charge in [0, 0.05) is 0 Å². The lowest BCUT2D eigenvalue weighted by Crippen LogP contribution is -2.03. The molecule has 1 fully saturated rings. The van der Waals surface area contributed by atoms with Gasteiger partial charge in [0.25, 0.3) is 0 Å². The highest BCUT2D eigenvalue weighted by Gasteiger charge is 2.44. The molecule has 0 aliphatic heterocycles. The first-order chi connectivity index (χ1) is 4.29. The van der Waals surface area contributed by atoms with Crippen molar-refractivity contribution in [3.63, 3.8) is 0 Å². The second kappa shape index (κ2) is 2.06. The van der Waals surface area contributed by atoms with Gasteiger partial charge in [0.2, 0.25) is 0 Å². The van der Waals surface area contributed by atoms with Gasteiger partial charge in [0.05, 0.1) is 25.0 Å². The molecule has 0 aromatic heterocycles. The highest BCUT2D eigenvalue weighted by molar-refractivity contribution is 5.76. The van der Waals surface area contributed by atoms with Crippen molar-refractivity contribution in [2.24, 2.45) is 11.8 Å². The minimum atomic E-state index is -0.249. The van der Waals surface area contributed by atoms with Crippen LogP contribution in [0.2, 0.25) is 0 Å². The topological polar surface area (TPSA) is 50.1 Å². The molecule has 0 saturated heterocycles. The molecule has 2 atom stereocenters. The number of rotatable bonds is 1. The van der Waals surface area contributed by atoms with Crippen LogP contribution in [0.15, 0.2) is 0 Å². The Kier molecular flexibility index (Phi) is 1.39. The summed E-state index contributed by atoms with van der Waals surface area (Å²) in [5, 5.41) is 8.26. The van der Waals surface area contributed by atoms with Crippen LogP contribution in [0.5, 0.6) is 0 Å². The van der Waals surface area contributed by atoms with E-state index < -0.39 is 0 Å². The summed E-state index contributed by atoms with van der Waals surface area (Å²) >= 11 is 0. The largest absolute Gasteiger partial charge is 0.469 e. The number of carbonyl (C=O) groups excluding carboxylic acids is 1. The van der Waals surface area contributed by atoms with Gasteiger partial charge in [-0.1, -0.05) is 0 Å². The molecule has 2 unspecified atom stereocenters. The second-order valence-electron chi connectivity index (χ2n) is 2.10. The molecule has 0 radical (unpaired) electrons. The molecule has 0 spiro atoms. The van der Waals surface area contributed by atoms with Crippen molar-refractivity contribution < 1.29 is 9.53 Å². The number of ether oxygens (including phenoxy) is 1. The third kappa shape index (κ3) is 1.02. The number of hydrogen-bond acceptors (Lipinski definition) is 3. The monoisotopic (exact) mass is 125 g/mol. The Hall–Kier alpha value is -1.04. The van der Waals surface area contributed by atoms with Crippen LogP contribution in [-0.4, -0.2) is 13.1 Å². The summed E-state index contributed by atoms with van der Waals surface area (Å²) < 4.78 is 4.42. The highest BCUT2D eigenvalue weighted by atomic mass is 16.5. The van der Waals surface area contributed by atoms with Crippen molar-refractivity contribution in [1.82, 2.24) is 0 Å². The van der Waals surface area contributed by atoms with Gasteiger partial charge in [-0.3, -0.25) is 4.79 Å². The van der Waals surface area contributed by atoms with Gasteiger partial charge in [-0.2, -0.15) is 5.26 Å². The van der Waals surface area contributed by atoms with Crippen LogP contribution < -0.4 is 0 Å². The maximum atomic E-state index is 10.6. The lowest BCUT2D eigenvalue weighted by Gasteiger charge is -1.90. The SMILES string of the molecule is COC(=O)C1CC1C#N. The first-order valence-electron chi connectivity index (χ1n) is 2.77. The summed E-state index contributed by atoms with van der Waals surface area (Å²) in [6, 6.07) is 2.00. The number of esters is 1. The maximum absolute atomic E-state index is 10.6. The quantitative estimate of drug-likeness (QED) is 0.474. The molecule has 0 heterocycles. The summed E-state index contributed by atoms with van der Waals surface area (Å²) in [5.41, 5.74) is 0. The molecule has 3 heteroatoms. The van der Waals surface area contributed by atoms with Crippen molar-refractivity contribution >= 4 is 5.97 Å². The van der Waals surface area contributed by atoms with E-state index in [1.165, 1.54) is 7.11 Å². The van der Waals surface area contributed by atoms with Crippen molar-refractivity contribution in [3.8, 4) is 6.07 Å². The molecule has 0 amide bonds. The van der Waals surface area contributed by atoms with Crippen LogP contribution >= 0.6 is 0 Å². The van der Waals surface area contributed by atoms with Crippen LogP contribution in [-0.2, 0) is 9.53 Å². The van der Waals surface area contributed by atoms with Crippen LogP contribution in [0.25, 0.3) is 0 Å². The zero-order valence-corrected chi connectivity index (χ0v) is 5.13. The first kappa shape index (κ1) is 6.09. The number of carbonyl (C=O) groups is 1. The van der Waals surface area contributed by atoms with E-state index in [1.54, 1.807) is 0 Å². The van der Waals surface area contributed by atoms with Gasteiger partial charge in [0.15, 0.2) is 0 Å². The predicted octanol–water partition coefficient (Wildman–Crippen LogP) is 0.319. The average Bonchev–Trinajstić information content (AvgIpc) is 2.64. The minimum Gasteiger partial charge on any atom is -0.469 e. The molecule has 9 heavy (non-hydrogen) atoms. The van der Waals surface area contributed by atoms with E-state index in [1.807, 2.05) is 6.07 Å². The summed E-state index contributed by atoms with van der Waals surface area (Å²) in [5.74, 6) is -0.445. The lowest BCUT2D eigenvalue weighted by atomic mass is 10.3.